The van der Waals surface area contributed by atoms with Crippen LogP contribution in [0.1, 0.15) is 30.0 Å². The van der Waals surface area contributed by atoms with Crippen LogP contribution in [0.5, 0.6) is 0 Å². The molecule has 10 heteroatoms. The minimum absolute atomic E-state index is 0.0500. The van der Waals surface area contributed by atoms with Crippen molar-refractivity contribution in [2.45, 2.75) is 19.9 Å². The second-order valence-electron chi connectivity index (χ2n) is 6.37. The number of rotatable bonds is 8. The lowest BCUT2D eigenvalue weighted by atomic mass is 10.0. The van der Waals surface area contributed by atoms with Gasteiger partial charge in [-0.15, -0.1) is 0 Å². The molecule has 0 radical (unpaired) electrons. The van der Waals surface area contributed by atoms with E-state index in [1.54, 1.807) is 13.8 Å². The summed E-state index contributed by atoms with van der Waals surface area (Å²) in [7, 11) is 0. The quantitative estimate of drug-likeness (QED) is 0.348. The van der Waals surface area contributed by atoms with Crippen LogP contribution in [-0.2, 0) is 9.59 Å². The van der Waals surface area contributed by atoms with Gasteiger partial charge >= 0.3 is 5.97 Å². The molecule has 0 unspecified atom stereocenters. The van der Waals surface area contributed by atoms with Crippen molar-refractivity contribution in [2.24, 2.45) is 5.92 Å². The Labute approximate surface area is 165 Å². The summed E-state index contributed by atoms with van der Waals surface area (Å²) < 4.78 is 4.99. The lowest BCUT2D eigenvalue weighted by Gasteiger charge is -2.19. The first kappa shape index (κ1) is 21.4. The van der Waals surface area contributed by atoms with Gasteiger partial charge in [-0.3, -0.25) is 19.7 Å². The zero-order valence-corrected chi connectivity index (χ0v) is 15.6. The fraction of sp³-hybridized carbons (Fsp3) is 0.211. The number of carbonyl (C=O) groups excluding carboxylic acids is 2. The van der Waals surface area contributed by atoms with Crippen LogP contribution in [0, 0.1) is 16.0 Å². The zero-order chi connectivity index (χ0) is 21.6. The lowest BCUT2D eigenvalue weighted by Crippen LogP contribution is -2.47. The number of hydrogen-bond donors (Lipinski definition) is 3. The Kier molecular flexibility index (Phi) is 6.85. The molecule has 1 aromatic heterocycles. The van der Waals surface area contributed by atoms with Gasteiger partial charge in [0, 0.05) is 12.1 Å². The van der Waals surface area contributed by atoms with E-state index in [1.165, 1.54) is 48.7 Å². The van der Waals surface area contributed by atoms with Gasteiger partial charge in [0.25, 0.3) is 17.5 Å². The number of nitro groups is 1. The summed E-state index contributed by atoms with van der Waals surface area (Å²) >= 11 is 0. The summed E-state index contributed by atoms with van der Waals surface area (Å²) in [5.41, 5.74) is 0.00240. The molecule has 29 heavy (non-hydrogen) atoms. The lowest BCUT2D eigenvalue weighted by molar-refractivity contribution is -0.384. The van der Waals surface area contributed by atoms with Gasteiger partial charge in [-0.1, -0.05) is 13.8 Å². The standard InChI is InChI=1S/C19H19N3O7/c1-11(2)16(19(25)26)21-17(23)14(20-18(24)15-4-3-9-29-15)10-12-5-7-13(8-6-12)22(27)28/h3-11,16H,1-2H3,(H,20,24)(H,21,23)(H,25,26)/b14-10+/t16-/m0/s1. The SMILES string of the molecule is CC(C)[C@H](NC(=O)/C(=C\c1ccc([N+](=O)[O-])cc1)NC(=O)c1ccco1)C(=O)O. The Morgan fingerprint density at radius 3 is 2.31 bits per heavy atom. The molecule has 0 aliphatic carbocycles. The maximum absolute atomic E-state index is 12.7. The van der Waals surface area contributed by atoms with Gasteiger partial charge in [-0.05, 0) is 41.8 Å². The highest BCUT2D eigenvalue weighted by atomic mass is 16.6. The molecule has 0 spiro atoms. The number of non-ortho nitro benzene ring substituents is 1. The molecule has 1 aromatic carbocycles. The van der Waals surface area contributed by atoms with Gasteiger partial charge in [0.15, 0.2) is 5.76 Å². The molecule has 0 saturated carbocycles. The fourth-order valence-electron chi connectivity index (χ4n) is 2.34. The average molecular weight is 401 g/mol. The molecule has 10 nitrogen and oxygen atoms in total. The number of nitrogens with zero attached hydrogens (tertiary/aromatic N) is 1. The van der Waals surface area contributed by atoms with Crippen LogP contribution in [0.25, 0.3) is 6.08 Å². The van der Waals surface area contributed by atoms with Gasteiger partial charge in [0.1, 0.15) is 11.7 Å². The number of benzene rings is 1. The van der Waals surface area contributed by atoms with E-state index < -0.39 is 34.7 Å². The maximum atomic E-state index is 12.7. The Balaban J connectivity index is 2.33. The number of carboxylic acid groups (broad SMARTS) is 1. The Hall–Kier alpha value is -3.95. The van der Waals surface area contributed by atoms with E-state index in [4.69, 9.17) is 4.42 Å². The van der Waals surface area contributed by atoms with Gasteiger partial charge in [-0.2, -0.15) is 0 Å². The minimum atomic E-state index is -1.22. The van der Waals surface area contributed by atoms with Crippen molar-refractivity contribution >= 4 is 29.5 Å². The third-order valence-electron chi connectivity index (χ3n) is 3.87. The summed E-state index contributed by atoms with van der Waals surface area (Å²) in [6.07, 6.45) is 2.56. The molecule has 0 saturated heterocycles. The molecule has 0 aliphatic rings. The number of aliphatic carboxylic acids is 1. The van der Waals surface area contributed by atoms with Crippen molar-refractivity contribution in [1.29, 1.82) is 0 Å². The van der Waals surface area contributed by atoms with Crippen LogP contribution < -0.4 is 10.6 Å². The zero-order valence-electron chi connectivity index (χ0n) is 15.6. The van der Waals surface area contributed by atoms with Crippen molar-refractivity contribution in [3.63, 3.8) is 0 Å². The average Bonchev–Trinajstić information content (AvgIpc) is 3.20. The fourth-order valence-corrected chi connectivity index (χ4v) is 2.34. The highest BCUT2D eigenvalue weighted by Gasteiger charge is 2.26. The van der Waals surface area contributed by atoms with Crippen LogP contribution >= 0.6 is 0 Å². The number of nitrogens with one attached hydrogen (secondary N) is 2. The van der Waals surface area contributed by atoms with Gasteiger partial charge in [0.2, 0.25) is 0 Å². The second-order valence-corrected chi connectivity index (χ2v) is 6.37. The topological polar surface area (TPSA) is 152 Å². The van der Waals surface area contributed by atoms with E-state index >= 15 is 0 Å². The molecule has 2 rings (SSSR count). The summed E-state index contributed by atoms with van der Waals surface area (Å²) in [6, 6.07) is 6.97. The Morgan fingerprint density at radius 1 is 1.17 bits per heavy atom. The molecular formula is C19H19N3O7. The Bertz CT molecular complexity index is 931. The first-order valence-electron chi connectivity index (χ1n) is 8.53. The van der Waals surface area contributed by atoms with Crippen LogP contribution in [0.15, 0.2) is 52.8 Å². The van der Waals surface area contributed by atoms with Crippen molar-refractivity contribution < 1.29 is 28.8 Å². The molecule has 0 bridgehead atoms. The normalized spacial score (nSPS) is 12.3. The molecule has 2 aromatic rings. The van der Waals surface area contributed by atoms with Crippen molar-refractivity contribution in [2.75, 3.05) is 0 Å². The molecule has 0 aliphatic heterocycles. The van der Waals surface area contributed by atoms with Gasteiger partial charge < -0.3 is 20.2 Å². The molecule has 1 heterocycles. The number of carboxylic acids is 1. The van der Waals surface area contributed by atoms with E-state index in [0.29, 0.717) is 5.56 Å². The predicted octanol–water partition coefficient (Wildman–Crippen LogP) is 2.18. The van der Waals surface area contributed by atoms with E-state index in [9.17, 15) is 29.6 Å². The predicted molar refractivity (Wildman–Crippen MR) is 102 cm³/mol. The molecule has 2 amide bonds. The first-order chi connectivity index (χ1) is 13.7. The number of furan rings is 1. The van der Waals surface area contributed by atoms with Crippen molar-refractivity contribution in [1.82, 2.24) is 10.6 Å². The molecule has 0 fully saturated rings. The second kappa shape index (κ2) is 9.31. The maximum Gasteiger partial charge on any atom is 0.326 e. The minimum Gasteiger partial charge on any atom is -0.480 e. The smallest absolute Gasteiger partial charge is 0.326 e. The third-order valence-corrected chi connectivity index (χ3v) is 3.87. The summed E-state index contributed by atoms with van der Waals surface area (Å²) in [5.74, 6) is -3.22. The number of amides is 2. The number of carbonyl (C=O) groups is 3. The third kappa shape index (κ3) is 5.76. The molecule has 3 N–H and O–H groups in total. The van der Waals surface area contributed by atoms with Crippen molar-refractivity contribution in [3.8, 4) is 0 Å². The monoisotopic (exact) mass is 401 g/mol. The summed E-state index contributed by atoms with van der Waals surface area (Å²) in [6.45, 7) is 3.25. The molecular weight excluding hydrogens is 382 g/mol. The van der Waals surface area contributed by atoms with E-state index in [0.717, 1.165) is 0 Å². The first-order valence-corrected chi connectivity index (χ1v) is 8.53. The van der Waals surface area contributed by atoms with Crippen LogP contribution in [-0.4, -0.2) is 33.9 Å². The Morgan fingerprint density at radius 2 is 1.83 bits per heavy atom. The highest BCUT2D eigenvalue weighted by Crippen LogP contribution is 2.15. The van der Waals surface area contributed by atoms with Gasteiger partial charge in [-0.25, -0.2) is 4.79 Å². The molecule has 152 valence electrons. The largest absolute Gasteiger partial charge is 0.480 e. The summed E-state index contributed by atoms with van der Waals surface area (Å²) in [5, 5.41) is 24.8. The molecule has 1 atom stereocenters. The van der Waals surface area contributed by atoms with E-state index in [1.807, 2.05) is 0 Å². The van der Waals surface area contributed by atoms with Crippen molar-refractivity contribution in [3.05, 3.63) is 69.8 Å². The van der Waals surface area contributed by atoms with E-state index in [2.05, 4.69) is 10.6 Å². The van der Waals surface area contributed by atoms with Crippen LogP contribution in [0.3, 0.4) is 0 Å². The van der Waals surface area contributed by atoms with Crippen LogP contribution in [0.2, 0.25) is 0 Å². The van der Waals surface area contributed by atoms with E-state index in [-0.39, 0.29) is 17.1 Å². The number of nitro benzene ring substituents is 1. The number of hydrogen-bond acceptors (Lipinski definition) is 6. The summed E-state index contributed by atoms with van der Waals surface area (Å²) in [4.78, 5) is 46.5. The van der Waals surface area contributed by atoms with Gasteiger partial charge in [0.05, 0.1) is 11.2 Å². The highest BCUT2D eigenvalue weighted by molar-refractivity contribution is 6.05. The van der Waals surface area contributed by atoms with Crippen LogP contribution in [0.4, 0.5) is 5.69 Å².